The van der Waals surface area contributed by atoms with Crippen molar-refractivity contribution in [3.05, 3.63) is 32.9 Å². The van der Waals surface area contributed by atoms with Crippen molar-refractivity contribution in [2.75, 3.05) is 26.8 Å². The molecular weight excluding hydrogens is 639 g/mol. The van der Waals surface area contributed by atoms with E-state index in [9.17, 15) is 24.6 Å². The summed E-state index contributed by atoms with van der Waals surface area (Å²) in [6, 6.07) is 2.56. The Bertz CT molecular complexity index is 1060. The summed E-state index contributed by atoms with van der Waals surface area (Å²) >= 11 is 2.05. The molecule has 0 aromatic heterocycles. The van der Waals surface area contributed by atoms with Gasteiger partial charge in [0, 0.05) is 37.1 Å². The maximum atomic E-state index is 13.7. The molecule has 1 saturated carbocycles. The lowest BCUT2D eigenvalue weighted by atomic mass is 9.87. The van der Waals surface area contributed by atoms with Crippen molar-refractivity contribution in [1.82, 2.24) is 10.2 Å². The van der Waals surface area contributed by atoms with Crippen LogP contribution in [0.2, 0.25) is 0 Å². The Morgan fingerprint density at radius 2 is 1.95 bits per heavy atom. The lowest BCUT2D eigenvalue weighted by Gasteiger charge is -2.41. The van der Waals surface area contributed by atoms with E-state index in [2.05, 4.69) is 12.2 Å². The maximum Gasteiger partial charge on any atom is 0.247 e. The lowest BCUT2D eigenvalue weighted by molar-refractivity contribution is -0.139. The number of hydrogen-bond donors (Lipinski definition) is 3. The molecule has 0 bridgehead atoms. The predicted molar refractivity (Wildman–Crippen MR) is 165 cm³/mol. The number of aldehydes is 1. The highest BCUT2D eigenvalue weighted by Crippen LogP contribution is 2.37. The minimum Gasteiger partial charge on any atom is -0.493 e. The molecule has 1 fully saturated rings. The maximum absolute atomic E-state index is 13.7. The van der Waals surface area contributed by atoms with Crippen LogP contribution in [0.4, 0.5) is 0 Å². The van der Waals surface area contributed by atoms with Crippen LogP contribution in [-0.4, -0.2) is 78.3 Å². The first-order valence-electron chi connectivity index (χ1n) is 14.9. The molecule has 3 N–H and O–H groups in total. The summed E-state index contributed by atoms with van der Waals surface area (Å²) in [7, 11) is 1.47. The largest absolute Gasteiger partial charge is 0.493 e. The Kier molecular flexibility index (Phi) is 13.9. The molecule has 0 unspecified atom stereocenters. The van der Waals surface area contributed by atoms with Crippen LogP contribution in [0.3, 0.4) is 0 Å². The van der Waals surface area contributed by atoms with Crippen LogP contribution in [0, 0.1) is 9.49 Å². The molecule has 0 radical (unpaired) electrons. The molecule has 228 valence electrons. The van der Waals surface area contributed by atoms with Crippen molar-refractivity contribution in [2.24, 2.45) is 5.92 Å². The van der Waals surface area contributed by atoms with Gasteiger partial charge in [0.1, 0.15) is 18.5 Å². The number of nitrogens with zero attached hydrogens (tertiary/aromatic N) is 1. The highest BCUT2D eigenvalue weighted by Gasteiger charge is 2.40. The van der Waals surface area contributed by atoms with Crippen LogP contribution in [0.1, 0.15) is 87.9 Å². The summed E-state index contributed by atoms with van der Waals surface area (Å²) in [5.74, 6) is 0.869. The fourth-order valence-electron chi connectivity index (χ4n) is 5.79. The summed E-state index contributed by atoms with van der Waals surface area (Å²) < 4.78 is 12.4. The van der Waals surface area contributed by atoms with Gasteiger partial charge in [0.2, 0.25) is 11.8 Å². The van der Waals surface area contributed by atoms with Gasteiger partial charge >= 0.3 is 0 Å². The minimum absolute atomic E-state index is 0.00397. The van der Waals surface area contributed by atoms with E-state index >= 15 is 0 Å². The zero-order chi connectivity index (χ0) is 29.8. The van der Waals surface area contributed by atoms with Gasteiger partial charge in [-0.15, -0.1) is 0 Å². The Morgan fingerprint density at radius 3 is 2.61 bits per heavy atom. The SMILES string of the molecule is CCCCCCN(C(=O)CCC1CCCC1)[C@@H]1CC(C(=O)NCCO)=C[C@H](Oc2c(I)cc(C=O)cc2OC)[C@H]1O. The zero-order valence-electron chi connectivity index (χ0n) is 24.3. The molecule has 0 spiro atoms. The van der Waals surface area contributed by atoms with Crippen molar-refractivity contribution in [3.63, 3.8) is 0 Å². The highest BCUT2D eigenvalue weighted by atomic mass is 127. The molecule has 10 heteroatoms. The average molecular weight is 685 g/mol. The molecule has 3 rings (SSSR count). The molecule has 0 heterocycles. The lowest BCUT2D eigenvalue weighted by Crippen LogP contribution is -2.55. The van der Waals surface area contributed by atoms with Crippen LogP contribution in [0.15, 0.2) is 23.8 Å². The van der Waals surface area contributed by atoms with E-state index in [-0.39, 0.29) is 31.4 Å². The molecule has 3 atom stereocenters. The quantitative estimate of drug-likeness (QED) is 0.134. The molecule has 0 aliphatic heterocycles. The van der Waals surface area contributed by atoms with Crippen molar-refractivity contribution >= 4 is 40.7 Å². The Morgan fingerprint density at radius 1 is 1.20 bits per heavy atom. The van der Waals surface area contributed by atoms with E-state index in [0.717, 1.165) is 51.2 Å². The van der Waals surface area contributed by atoms with Crippen molar-refractivity contribution < 1.29 is 34.1 Å². The first-order chi connectivity index (χ1) is 19.8. The van der Waals surface area contributed by atoms with E-state index < -0.39 is 18.2 Å². The van der Waals surface area contributed by atoms with Gasteiger partial charge in [0.25, 0.3) is 0 Å². The van der Waals surface area contributed by atoms with Gasteiger partial charge in [-0.1, -0.05) is 51.9 Å². The number of methoxy groups -OCH3 is 1. The topological polar surface area (TPSA) is 125 Å². The normalized spacial score (nSPS) is 20.8. The number of nitrogens with one attached hydrogen (secondary N) is 1. The van der Waals surface area contributed by atoms with Gasteiger partial charge in [-0.3, -0.25) is 14.4 Å². The highest BCUT2D eigenvalue weighted by molar-refractivity contribution is 14.1. The number of ether oxygens (including phenoxy) is 2. The first kappa shape index (κ1) is 33.3. The Hall–Kier alpha value is -2.18. The van der Waals surface area contributed by atoms with E-state index in [4.69, 9.17) is 9.47 Å². The van der Waals surface area contributed by atoms with Gasteiger partial charge in [-0.05, 0) is 59.6 Å². The molecule has 2 aliphatic rings. The van der Waals surface area contributed by atoms with Crippen LogP contribution < -0.4 is 14.8 Å². The van der Waals surface area contributed by atoms with Gasteiger partial charge < -0.3 is 29.9 Å². The van der Waals surface area contributed by atoms with Crippen LogP contribution >= 0.6 is 22.6 Å². The third kappa shape index (κ3) is 9.41. The third-order valence-electron chi connectivity index (χ3n) is 8.07. The van der Waals surface area contributed by atoms with E-state index in [1.54, 1.807) is 23.1 Å². The number of rotatable bonds is 16. The molecule has 9 nitrogen and oxygen atoms in total. The summed E-state index contributed by atoms with van der Waals surface area (Å²) in [6.45, 7) is 2.52. The first-order valence-corrected chi connectivity index (χ1v) is 16.0. The molecule has 1 aromatic carbocycles. The van der Waals surface area contributed by atoms with Gasteiger partial charge in [0.15, 0.2) is 11.5 Å². The number of aliphatic hydroxyl groups excluding tert-OH is 2. The second-order valence-electron chi connectivity index (χ2n) is 11.0. The fraction of sp³-hybridized carbons (Fsp3) is 0.645. The summed E-state index contributed by atoms with van der Waals surface area (Å²) in [5, 5.41) is 23.6. The standard InChI is InChI=1S/C31H45IN2O7/c1-3-4-5-8-14-34(28(37)12-11-21-9-6-7-10-21)25-18-23(31(39)33-13-15-35)19-26(29(25)38)41-30-24(32)16-22(20-36)17-27(30)40-2/h16-17,19-21,25-26,29,35,38H,3-15,18H2,1-2H3,(H,33,39)/t25-,26+,29+/m1/s1. The number of carbonyl (C=O) groups is 3. The van der Waals surface area contributed by atoms with E-state index in [1.807, 2.05) is 22.6 Å². The van der Waals surface area contributed by atoms with E-state index in [1.165, 1.54) is 20.0 Å². The summed E-state index contributed by atoms with van der Waals surface area (Å²) in [4.78, 5) is 39.9. The van der Waals surface area contributed by atoms with Crippen molar-refractivity contribution in [1.29, 1.82) is 0 Å². The van der Waals surface area contributed by atoms with Crippen LogP contribution in [0.25, 0.3) is 0 Å². The second kappa shape index (κ2) is 17.1. The van der Waals surface area contributed by atoms with Crippen LogP contribution in [0.5, 0.6) is 11.5 Å². The number of unbranched alkanes of at least 4 members (excludes halogenated alkanes) is 3. The van der Waals surface area contributed by atoms with Crippen molar-refractivity contribution in [3.8, 4) is 11.5 Å². The molecular formula is C31H45IN2O7. The van der Waals surface area contributed by atoms with E-state index in [0.29, 0.717) is 45.1 Å². The zero-order valence-corrected chi connectivity index (χ0v) is 26.4. The smallest absolute Gasteiger partial charge is 0.247 e. The second-order valence-corrected chi connectivity index (χ2v) is 12.2. The summed E-state index contributed by atoms with van der Waals surface area (Å²) in [6.07, 6.45) is 10.4. The number of hydrogen-bond acceptors (Lipinski definition) is 7. The third-order valence-corrected chi connectivity index (χ3v) is 8.87. The monoisotopic (exact) mass is 684 g/mol. The number of amides is 2. The molecule has 41 heavy (non-hydrogen) atoms. The fourth-order valence-corrected chi connectivity index (χ4v) is 6.55. The van der Waals surface area contributed by atoms with Gasteiger partial charge in [-0.25, -0.2) is 0 Å². The molecule has 1 aromatic rings. The van der Waals surface area contributed by atoms with Crippen LogP contribution in [-0.2, 0) is 9.59 Å². The number of halogens is 1. The minimum atomic E-state index is -1.10. The Labute approximate surface area is 257 Å². The number of benzene rings is 1. The molecule has 2 aliphatic carbocycles. The summed E-state index contributed by atoms with van der Waals surface area (Å²) in [5.41, 5.74) is 0.811. The van der Waals surface area contributed by atoms with Gasteiger partial charge in [-0.2, -0.15) is 0 Å². The number of aliphatic hydroxyl groups is 2. The number of carbonyl (C=O) groups excluding carboxylic acids is 3. The van der Waals surface area contributed by atoms with Gasteiger partial charge in [0.05, 0.1) is 23.3 Å². The van der Waals surface area contributed by atoms with Crippen molar-refractivity contribution in [2.45, 2.75) is 95.8 Å². The molecule has 2 amide bonds. The molecule has 0 saturated heterocycles. The Balaban J connectivity index is 1.92. The predicted octanol–water partition coefficient (Wildman–Crippen LogP) is 4.41. The average Bonchev–Trinajstić information content (AvgIpc) is 3.50.